The van der Waals surface area contributed by atoms with Gasteiger partial charge >= 0.3 is 0 Å². The second-order valence-corrected chi connectivity index (χ2v) is 7.31. The molecule has 7 heteroatoms. The molecule has 0 atom stereocenters. The predicted molar refractivity (Wildman–Crippen MR) is 102 cm³/mol. The molecule has 5 rings (SSSR count). The molecule has 1 saturated heterocycles. The number of aromatic nitrogens is 4. The Balaban J connectivity index is 1.43. The van der Waals surface area contributed by atoms with Crippen molar-refractivity contribution in [2.45, 2.75) is 24.9 Å². The van der Waals surface area contributed by atoms with E-state index in [4.69, 9.17) is 9.47 Å². The Hall–Kier alpha value is -2.67. The van der Waals surface area contributed by atoms with Gasteiger partial charge in [0.05, 0.1) is 26.2 Å². The van der Waals surface area contributed by atoms with Gasteiger partial charge in [0.1, 0.15) is 16.9 Å². The van der Waals surface area contributed by atoms with Gasteiger partial charge in [0.15, 0.2) is 5.65 Å². The summed E-state index contributed by atoms with van der Waals surface area (Å²) in [5.41, 5.74) is 4.00. The summed E-state index contributed by atoms with van der Waals surface area (Å²) in [6.45, 7) is 2.45. The minimum Gasteiger partial charge on any atom is -0.496 e. The lowest BCUT2D eigenvalue weighted by atomic mass is 9.79. The Morgan fingerprint density at radius 1 is 1.19 bits per heavy atom. The van der Waals surface area contributed by atoms with Gasteiger partial charge in [0, 0.05) is 25.7 Å². The van der Waals surface area contributed by atoms with Crippen molar-refractivity contribution < 1.29 is 9.47 Å². The lowest BCUT2D eigenvalue weighted by Gasteiger charge is -2.45. The highest BCUT2D eigenvalue weighted by atomic mass is 16.5. The van der Waals surface area contributed by atoms with Crippen molar-refractivity contribution in [2.75, 3.05) is 31.7 Å². The number of imidazole rings is 1. The van der Waals surface area contributed by atoms with Gasteiger partial charge in [-0.25, -0.2) is 9.97 Å². The molecular formula is C20H23N5O2. The van der Waals surface area contributed by atoms with Crippen LogP contribution < -0.4 is 9.64 Å². The van der Waals surface area contributed by atoms with Gasteiger partial charge in [-0.2, -0.15) is 4.98 Å². The summed E-state index contributed by atoms with van der Waals surface area (Å²) < 4.78 is 14.0. The first kappa shape index (κ1) is 16.5. The molecule has 0 radical (unpaired) electrons. The first-order valence-corrected chi connectivity index (χ1v) is 9.39. The summed E-state index contributed by atoms with van der Waals surface area (Å²) in [6, 6.07) is 6.31. The summed E-state index contributed by atoms with van der Waals surface area (Å²) in [5.74, 6) is 1.68. The maximum atomic E-state index is 6.37. The molecule has 0 bridgehead atoms. The lowest BCUT2D eigenvalue weighted by Crippen LogP contribution is -2.47. The van der Waals surface area contributed by atoms with E-state index >= 15 is 0 Å². The highest BCUT2D eigenvalue weighted by Gasteiger charge is 2.43. The molecule has 1 spiro atoms. The van der Waals surface area contributed by atoms with E-state index in [1.165, 1.54) is 11.1 Å². The van der Waals surface area contributed by atoms with E-state index in [0.29, 0.717) is 0 Å². The van der Waals surface area contributed by atoms with E-state index in [1.807, 2.05) is 23.9 Å². The molecule has 1 fully saturated rings. The van der Waals surface area contributed by atoms with E-state index in [1.54, 1.807) is 13.4 Å². The van der Waals surface area contributed by atoms with Crippen LogP contribution in [0.4, 0.5) is 5.95 Å². The standard InChI is InChI=1S/C20H23N5O2/c1-24-13-22-18-15(24)12-21-19(23-18)25-9-7-20(8-10-25)17-14(6-11-27-20)4-3-5-16(17)26-2/h3-5,12-13H,6-11H2,1-2H3. The van der Waals surface area contributed by atoms with Crippen molar-refractivity contribution in [3.05, 3.63) is 41.9 Å². The average Bonchev–Trinajstić information content (AvgIpc) is 3.09. The van der Waals surface area contributed by atoms with Crippen LogP contribution in [0.1, 0.15) is 24.0 Å². The number of ether oxygens (including phenoxy) is 2. The van der Waals surface area contributed by atoms with Crippen LogP contribution in [0.15, 0.2) is 30.7 Å². The fourth-order valence-electron chi connectivity index (χ4n) is 4.42. The molecule has 2 aromatic heterocycles. The minimum absolute atomic E-state index is 0.272. The third kappa shape index (κ3) is 2.56. The Morgan fingerprint density at radius 3 is 2.85 bits per heavy atom. The molecule has 3 aromatic rings. The number of hydrogen-bond acceptors (Lipinski definition) is 6. The maximum Gasteiger partial charge on any atom is 0.227 e. The van der Waals surface area contributed by atoms with Crippen molar-refractivity contribution in [3.8, 4) is 5.75 Å². The predicted octanol–water partition coefficient (Wildman–Crippen LogP) is 2.44. The van der Waals surface area contributed by atoms with Crippen molar-refractivity contribution in [1.29, 1.82) is 0 Å². The largest absolute Gasteiger partial charge is 0.496 e. The first-order chi connectivity index (χ1) is 13.2. The average molecular weight is 365 g/mol. The van der Waals surface area contributed by atoms with Crippen LogP contribution in [0.25, 0.3) is 11.2 Å². The molecule has 140 valence electrons. The van der Waals surface area contributed by atoms with E-state index in [-0.39, 0.29) is 5.60 Å². The molecule has 2 aliphatic rings. The van der Waals surface area contributed by atoms with Crippen LogP contribution in [-0.4, -0.2) is 46.3 Å². The van der Waals surface area contributed by atoms with Gasteiger partial charge in [-0.1, -0.05) is 12.1 Å². The van der Waals surface area contributed by atoms with Gasteiger partial charge in [-0.15, -0.1) is 0 Å². The number of piperidine rings is 1. The molecule has 0 unspecified atom stereocenters. The molecule has 4 heterocycles. The molecule has 0 N–H and O–H groups in total. The Labute approximate surface area is 158 Å². The molecule has 0 amide bonds. The number of anilines is 1. The number of benzene rings is 1. The highest BCUT2D eigenvalue weighted by molar-refractivity contribution is 5.71. The number of rotatable bonds is 2. The topological polar surface area (TPSA) is 65.3 Å². The van der Waals surface area contributed by atoms with Gasteiger partial charge in [-0.3, -0.25) is 0 Å². The third-order valence-corrected chi connectivity index (χ3v) is 5.86. The lowest BCUT2D eigenvalue weighted by molar-refractivity contribution is -0.0780. The van der Waals surface area contributed by atoms with E-state index in [0.717, 1.165) is 61.8 Å². The monoisotopic (exact) mass is 365 g/mol. The number of nitrogens with zero attached hydrogens (tertiary/aromatic N) is 5. The van der Waals surface area contributed by atoms with Gasteiger partial charge < -0.3 is 18.9 Å². The van der Waals surface area contributed by atoms with Gasteiger partial charge in [-0.05, 0) is 30.9 Å². The van der Waals surface area contributed by atoms with Crippen molar-refractivity contribution >= 4 is 17.1 Å². The van der Waals surface area contributed by atoms with Crippen molar-refractivity contribution in [3.63, 3.8) is 0 Å². The Morgan fingerprint density at radius 2 is 2.04 bits per heavy atom. The van der Waals surface area contributed by atoms with Crippen molar-refractivity contribution in [2.24, 2.45) is 7.05 Å². The second kappa shape index (κ2) is 6.20. The molecule has 1 aromatic carbocycles. The zero-order valence-corrected chi connectivity index (χ0v) is 15.7. The second-order valence-electron chi connectivity index (χ2n) is 7.31. The van der Waals surface area contributed by atoms with E-state index < -0.39 is 0 Å². The van der Waals surface area contributed by atoms with E-state index in [9.17, 15) is 0 Å². The van der Waals surface area contributed by atoms with Gasteiger partial charge in [0.2, 0.25) is 5.95 Å². The molecule has 2 aliphatic heterocycles. The molecule has 0 saturated carbocycles. The number of methoxy groups -OCH3 is 1. The molecule has 7 nitrogen and oxygen atoms in total. The number of fused-ring (bicyclic) bond motifs is 3. The van der Waals surface area contributed by atoms with Crippen LogP contribution in [0.5, 0.6) is 5.75 Å². The summed E-state index contributed by atoms with van der Waals surface area (Å²) in [4.78, 5) is 15.8. The summed E-state index contributed by atoms with van der Waals surface area (Å²) >= 11 is 0. The highest BCUT2D eigenvalue weighted by Crippen LogP contribution is 2.46. The molecule has 0 aliphatic carbocycles. The SMILES string of the molecule is COc1cccc2c1C1(CCN(c3ncc4c(ncn4C)n3)CC1)OCC2. The number of hydrogen-bond donors (Lipinski definition) is 0. The molecular weight excluding hydrogens is 342 g/mol. The molecule has 27 heavy (non-hydrogen) atoms. The van der Waals surface area contributed by atoms with Crippen LogP contribution in [0.3, 0.4) is 0 Å². The fraction of sp³-hybridized carbons (Fsp3) is 0.450. The third-order valence-electron chi connectivity index (χ3n) is 5.86. The summed E-state index contributed by atoms with van der Waals surface area (Å²) in [5, 5.41) is 0. The summed E-state index contributed by atoms with van der Waals surface area (Å²) in [6.07, 6.45) is 6.35. The smallest absolute Gasteiger partial charge is 0.227 e. The maximum absolute atomic E-state index is 6.37. The normalized spacial score (nSPS) is 18.7. The Bertz CT molecular complexity index is 977. The van der Waals surface area contributed by atoms with Crippen molar-refractivity contribution in [1.82, 2.24) is 19.5 Å². The quantitative estimate of drug-likeness (QED) is 0.695. The number of aryl methyl sites for hydroxylation is 1. The van der Waals surface area contributed by atoms with E-state index in [2.05, 4.69) is 32.0 Å². The first-order valence-electron chi connectivity index (χ1n) is 9.39. The van der Waals surface area contributed by atoms with Gasteiger partial charge in [0.25, 0.3) is 0 Å². The fourth-order valence-corrected chi connectivity index (χ4v) is 4.42. The Kier molecular flexibility index (Phi) is 3.79. The zero-order valence-electron chi connectivity index (χ0n) is 15.7. The van der Waals surface area contributed by atoms with Crippen LogP contribution in [0.2, 0.25) is 0 Å². The minimum atomic E-state index is -0.272. The van der Waals surface area contributed by atoms with Crippen LogP contribution in [-0.2, 0) is 23.8 Å². The zero-order chi connectivity index (χ0) is 18.4. The van der Waals surface area contributed by atoms with Crippen LogP contribution in [0, 0.1) is 0 Å². The summed E-state index contributed by atoms with van der Waals surface area (Å²) in [7, 11) is 3.69. The van der Waals surface area contributed by atoms with Crippen LogP contribution >= 0.6 is 0 Å².